The Balaban J connectivity index is 2.25. The monoisotopic (exact) mass is 258 g/mol. The average molecular weight is 259 g/mol. The van der Waals surface area contributed by atoms with Crippen molar-refractivity contribution in [3.05, 3.63) is 28.2 Å². The van der Waals surface area contributed by atoms with Crippen LogP contribution in [0.2, 0.25) is 10.0 Å². The molecule has 0 aliphatic carbocycles. The lowest BCUT2D eigenvalue weighted by Gasteiger charge is -2.27. The zero-order valence-electron chi connectivity index (χ0n) is 9.13. The van der Waals surface area contributed by atoms with E-state index in [1.54, 1.807) is 0 Å². The zero-order chi connectivity index (χ0) is 11.5. The standard InChI is InChI=1S/C12H16Cl2N2/c13-9-3-4-11(14)12(8-9)16-7-1-2-10(16)5-6-15/h3-4,8,10H,1-2,5-7,15H2. The Kier molecular flexibility index (Phi) is 3.95. The van der Waals surface area contributed by atoms with E-state index in [0.717, 1.165) is 35.2 Å². The summed E-state index contributed by atoms with van der Waals surface area (Å²) in [6.45, 7) is 1.77. The summed E-state index contributed by atoms with van der Waals surface area (Å²) in [5.41, 5.74) is 6.68. The fraction of sp³-hybridized carbons (Fsp3) is 0.500. The summed E-state index contributed by atoms with van der Waals surface area (Å²) in [6, 6.07) is 6.14. The second kappa shape index (κ2) is 5.26. The molecule has 1 unspecified atom stereocenters. The van der Waals surface area contributed by atoms with Crippen LogP contribution in [0.1, 0.15) is 19.3 Å². The number of hydrogen-bond donors (Lipinski definition) is 1. The molecule has 1 aliphatic rings. The minimum absolute atomic E-state index is 0.515. The molecule has 2 nitrogen and oxygen atoms in total. The molecule has 2 rings (SSSR count). The lowest BCUT2D eigenvalue weighted by atomic mass is 10.1. The van der Waals surface area contributed by atoms with Gasteiger partial charge in [-0.3, -0.25) is 0 Å². The van der Waals surface area contributed by atoms with Crippen molar-refractivity contribution in [3.63, 3.8) is 0 Å². The van der Waals surface area contributed by atoms with E-state index in [9.17, 15) is 0 Å². The second-order valence-corrected chi connectivity index (χ2v) is 5.01. The molecule has 0 bridgehead atoms. The van der Waals surface area contributed by atoms with Crippen molar-refractivity contribution in [2.24, 2.45) is 5.73 Å². The molecular formula is C12H16Cl2N2. The Labute approximate surface area is 106 Å². The van der Waals surface area contributed by atoms with Crippen LogP contribution in [0, 0.1) is 0 Å². The molecule has 0 radical (unpaired) electrons. The highest BCUT2D eigenvalue weighted by atomic mass is 35.5. The summed E-state index contributed by atoms with van der Waals surface area (Å²) in [7, 11) is 0. The van der Waals surface area contributed by atoms with Gasteiger partial charge in [0.25, 0.3) is 0 Å². The van der Waals surface area contributed by atoms with Crippen LogP contribution in [0.4, 0.5) is 5.69 Å². The van der Waals surface area contributed by atoms with Crippen LogP contribution in [0.3, 0.4) is 0 Å². The summed E-state index contributed by atoms with van der Waals surface area (Å²) >= 11 is 12.2. The molecule has 1 heterocycles. The molecular weight excluding hydrogens is 243 g/mol. The predicted molar refractivity (Wildman–Crippen MR) is 70.5 cm³/mol. The molecule has 1 aromatic rings. The van der Waals surface area contributed by atoms with Gasteiger partial charge in [-0.2, -0.15) is 0 Å². The summed E-state index contributed by atoms with van der Waals surface area (Å²) < 4.78 is 0. The molecule has 88 valence electrons. The third-order valence-corrected chi connectivity index (χ3v) is 3.65. The van der Waals surface area contributed by atoms with Crippen molar-refractivity contribution in [2.45, 2.75) is 25.3 Å². The molecule has 0 spiro atoms. The Morgan fingerprint density at radius 1 is 1.38 bits per heavy atom. The summed E-state index contributed by atoms with van der Waals surface area (Å²) in [5, 5.41) is 1.51. The van der Waals surface area contributed by atoms with Crippen LogP contribution in [-0.2, 0) is 0 Å². The average Bonchev–Trinajstić information content (AvgIpc) is 2.70. The highest BCUT2D eigenvalue weighted by molar-refractivity contribution is 6.35. The fourth-order valence-corrected chi connectivity index (χ4v) is 2.74. The van der Waals surface area contributed by atoms with E-state index in [1.165, 1.54) is 12.8 Å². The molecule has 1 aromatic carbocycles. The van der Waals surface area contributed by atoms with Crippen LogP contribution in [0.15, 0.2) is 18.2 Å². The van der Waals surface area contributed by atoms with E-state index in [2.05, 4.69) is 4.90 Å². The van der Waals surface area contributed by atoms with Crippen molar-refractivity contribution < 1.29 is 0 Å². The van der Waals surface area contributed by atoms with Crippen LogP contribution < -0.4 is 10.6 Å². The Bertz CT molecular complexity index is 368. The third kappa shape index (κ3) is 2.45. The molecule has 16 heavy (non-hydrogen) atoms. The van der Waals surface area contributed by atoms with Gasteiger partial charge in [0.1, 0.15) is 0 Å². The first-order valence-corrected chi connectivity index (χ1v) is 6.39. The first-order chi connectivity index (χ1) is 7.72. The Morgan fingerprint density at radius 2 is 2.19 bits per heavy atom. The largest absolute Gasteiger partial charge is 0.367 e. The van der Waals surface area contributed by atoms with E-state index in [4.69, 9.17) is 28.9 Å². The number of halogens is 2. The minimum atomic E-state index is 0.515. The summed E-state index contributed by atoms with van der Waals surface area (Å²) in [6.07, 6.45) is 3.41. The van der Waals surface area contributed by atoms with Gasteiger partial charge >= 0.3 is 0 Å². The van der Waals surface area contributed by atoms with E-state index >= 15 is 0 Å². The van der Waals surface area contributed by atoms with Gasteiger partial charge in [0.05, 0.1) is 10.7 Å². The third-order valence-electron chi connectivity index (χ3n) is 3.09. The molecule has 1 fully saturated rings. The molecule has 0 amide bonds. The summed E-state index contributed by atoms with van der Waals surface area (Å²) in [4.78, 5) is 2.33. The van der Waals surface area contributed by atoms with Gasteiger partial charge in [-0.05, 0) is 44.0 Å². The second-order valence-electron chi connectivity index (χ2n) is 4.16. The first-order valence-electron chi connectivity index (χ1n) is 5.64. The number of nitrogens with zero attached hydrogens (tertiary/aromatic N) is 1. The minimum Gasteiger partial charge on any atom is -0.367 e. The lowest BCUT2D eigenvalue weighted by Crippen LogP contribution is -2.31. The van der Waals surface area contributed by atoms with E-state index < -0.39 is 0 Å². The SMILES string of the molecule is NCCC1CCCN1c1cc(Cl)ccc1Cl. The quantitative estimate of drug-likeness (QED) is 0.902. The Morgan fingerprint density at radius 3 is 2.94 bits per heavy atom. The predicted octanol–water partition coefficient (Wildman–Crippen LogP) is 3.31. The smallest absolute Gasteiger partial charge is 0.0640 e. The van der Waals surface area contributed by atoms with E-state index in [-0.39, 0.29) is 0 Å². The maximum Gasteiger partial charge on any atom is 0.0640 e. The highest BCUT2D eigenvalue weighted by Gasteiger charge is 2.25. The number of hydrogen-bond acceptors (Lipinski definition) is 2. The van der Waals surface area contributed by atoms with Gasteiger partial charge < -0.3 is 10.6 Å². The summed E-state index contributed by atoms with van der Waals surface area (Å²) in [5.74, 6) is 0. The molecule has 2 N–H and O–H groups in total. The number of nitrogens with two attached hydrogens (primary N) is 1. The van der Waals surface area contributed by atoms with Gasteiger partial charge in [-0.1, -0.05) is 23.2 Å². The van der Waals surface area contributed by atoms with Crippen molar-refractivity contribution in [1.29, 1.82) is 0 Å². The van der Waals surface area contributed by atoms with Gasteiger partial charge in [-0.25, -0.2) is 0 Å². The number of anilines is 1. The first kappa shape index (κ1) is 12.0. The molecule has 0 saturated carbocycles. The van der Waals surface area contributed by atoms with Crippen LogP contribution >= 0.6 is 23.2 Å². The normalized spacial score (nSPS) is 20.4. The molecule has 0 aromatic heterocycles. The highest BCUT2D eigenvalue weighted by Crippen LogP contribution is 2.34. The maximum absolute atomic E-state index is 6.21. The van der Waals surface area contributed by atoms with Gasteiger partial charge in [0.2, 0.25) is 0 Å². The fourth-order valence-electron chi connectivity index (χ4n) is 2.35. The van der Waals surface area contributed by atoms with Gasteiger partial charge in [0, 0.05) is 17.6 Å². The van der Waals surface area contributed by atoms with Crippen molar-refractivity contribution in [1.82, 2.24) is 0 Å². The zero-order valence-corrected chi connectivity index (χ0v) is 10.6. The molecule has 1 atom stereocenters. The van der Waals surface area contributed by atoms with Crippen molar-refractivity contribution in [2.75, 3.05) is 18.0 Å². The van der Waals surface area contributed by atoms with Crippen molar-refractivity contribution >= 4 is 28.9 Å². The lowest BCUT2D eigenvalue weighted by molar-refractivity contribution is 0.618. The van der Waals surface area contributed by atoms with E-state index in [0.29, 0.717) is 6.04 Å². The number of benzene rings is 1. The molecule has 1 saturated heterocycles. The van der Waals surface area contributed by atoms with E-state index in [1.807, 2.05) is 18.2 Å². The van der Waals surface area contributed by atoms with Crippen LogP contribution in [-0.4, -0.2) is 19.1 Å². The van der Waals surface area contributed by atoms with Crippen molar-refractivity contribution in [3.8, 4) is 0 Å². The van der Waals surface area contributed by atoms with Gasteiger partial charge in [-0.15, -0.1) is 0 Å². The number of rotatable bonds is 3. The van der Waals surface area contributed by atoms with Gasteiger partial charge in [0.15, 0.2) is 0 Å². The maximum atomic E-state index is 6.21. The van der Waals surface area contributed by atoms with Crippen LogP contribution in [0.25, 0.3) is 0 Å². The molecule has 4 heteroatoms. The molecule has 1 aliphatic heterocycles. The Hall–Kier alpha value is -0.440. The van der Waals surface area contributed by atoms with Crippen LogP contribution in [0.5, 0.6) is 0 Å². The topological polar surface area (TPSA) is 29.3 Å².